The Kier molecular flexibility index (Phi) is 9.08. The molecule has 9 nitrogen and oxygen atoms in total. The van der Waals surface area contributed by atoms with E-state index in [0.717, 1.165) is 49.4 Å². The Hall–Kier alpha value is -1.95. The molecule has 1 N–H and O–H groups in total. The van der Waals surface area contributed by atoms with Crippen molar-refractivity contribution in [3.8, 4) is 0 Å². The van der Waals surface area contributed by atoms with Crippen molar-refractivity contribution >= 4 is 35.8 Å². The van der Waals surface area contributed by atoms with Gasteiger partial charge in [-0.05, 0) is 31.5 Å². The van der Waals surface area contributed by atoms with Crippen LogP contribution in [-0.2, 0) is 24.9 Å². The number of hydrogen-bond acceptors (Lipinski definition) is 6. The number of halogens is 1. The van der Waals surface area contributed by atoms with Gasteiger partial charge in [0.15, 0.2) is 5.96 Å². The van der Waals surface area contributed by atoms with Gasteiger partial charge in [-0.1, -0.05) is 0 Å². The minimum atomic E-state index is 0. The molecule has 1 atom stereocenters. The van der Waals surface area contributed by atoms with Crippen LogP contribution in [-0.4, -0.2) is 70.0 Å². The Labute approximate surface area is 189 Å². The second-order valence-corrected chi connectivity index (χ2v) is 6.98. The third-order valence-electron chi connectivity index (χ3n) is 4.67. The molecule has 2 aromatic heterocycles. The Balaban J connectivity index is 0.00000300. The van der Waals surface area contributed by atoms with Gasteiger partial charge >= 0.3 is 0 Å². The van der Waals surface area contributed by atoms with E-state index >= 15 is 0 Å². The predicted octanol–water partition coefficient (Wildman–Crippen LogP) is 1.65. The lowest BCUT2D eigenvalue weighted by atomic mass is 10.2. The maximum atomic E-state index is 5.63. The van der Waals surface area contributed by atoms with Gasteiger partial charge < -0.3 is 19.9 Å². The fourth-order valence-electron chi connectivity index (χ4n) is 3.14. The van der Waals surface area contributed by atoms with Crippen molar-refractivity contribution < 1.29 is 4.74 Å². The molecule has 0 amide bonds. The fraction of sp³-hybridized carbons (Fsp3) is 0.579. The van der Waals surface area contributed by atoms with Gasteiger partial charge in [0.05, 0.1) is 25.8 Å². The minimum Gasteiger partial charge on any atom is -0.375 e. The summed E-state index contributed by atoms with van der Waals surface area (Å²) in [6.07, 6.45) is 3.65. The van der Waals surface area contributed by atoms with Gasteiger partial charge in [-0.25, -0.2) is 15.0 Å². The first-order valence-corrected chi connectivity index (χ1v) is 9.70. The van der Waals surface area contributed by atoms with Crippen molar-refractivity contribution in [1.82, 2.24) is 30.0 Å². The van der Waals surface area contributed by atoms with Gasteiger partial charge in [0.2, 0.25) is 0 Å². The zero-order valence-corrected chi connectivity index (χ0v) is 19.9. The van der Waals surface area contributed by atoms with Crippen molar-refractivity contribution in [2.45, 2.75) is 33.0 Å². The predicted molar refractivity (Wildman–Crippen MR) is 125 cm³/mol. The van der Waals surface area contributed by atoms with E-state index in [1.807, 2.05) is 26.4 Å². The smallest absolute Gasteiger partial charge is 0.194 e. The first-order chi connectivity index (χ1) is 13.6. The monoisotopic (exact) mass is 514 g/mol. The molecule has 0 saturated carbocycles. The van der Waals surface area contributed by atoms with E-state index in [4.69, 9.17) is 9.73 Å². The number of hydrogen-bond donors (Lipinski definition) is 1. The molecule has 1 fully saturated rings. The maximum absolute atomic E-state index is 5.63. The molecular weight excluding hydrogens is 483 g/mol. The van der Waals surface area contributed by atoms with Gasteiger partial charge in [0.25, 0.3) is 0 Å². The summed E-state index contributed by atoms with van der Waals surface area (Å²) in [7, 11) is 3.90. The quantitative estimate of drug-likeness (QED) is 0.357. The number of nitrogens with zero attached hydrogens (tertiary/aromatic N) is 7. The molecule has 29 heavy (non-hydrogen) atoms. The summed E-state index contributed by atoms with van der Waals surface area (Å²) in [6, 6.07) is 4.14. The number of rotatable bonds is 6. The normalized spacial score (nSPS) is 17.0. The van der Waals surface area contributed by atoms with E-state index in [9.17, 15) is 0 Å². The van der Waals surface area contributed by atoms with E-state index in [2.05, 4.69) is 50.1 Å². The fourth-order valence-corrected chi connectivity index (χ4v) is 3.14. The largest absolute Gasteiger partial charge is 0.375 e. The summed E-state index contributed by atoms with van der Waals surface area (Å²) < 4.78 is 7.40. The molecule has 0 bridgehead atoms. The van der Waals surface area contributed by atoms with Crippen LogP contribution >= 0.6 is 24.0 Å². The molecule has 2 aromatic rings. The highest BCUT2D eigenvalue weighted by atomic mass is 127. The summed E-state index contributed by atoms with van der Waals surface area (Å²) in [5.41, 5.74) is 1.13. The van der Waals surface area contributed by atoms with Gasteiger partial charge in [0.1, 0.15) is 18.0 Å². The number of pyridine rings is 1. The van der Waals surface area contributed by atoms with Gasteiger partial charge in [-0.3, -0.25) is 4.68 Å². The molecule has 160 valence electrons. The summed E-state index contributed by atoms with van der Waals surface area (Å²) in [6.45, 7) is 8.65. The highest BCUT2D eigenvalue weighted by Crippen LogP contribution is 2.17. The number of morpholine rings is 1. The summed E-state index contributed by atoms with van der Waals surface area (Å²) in [5.74, 6) is 2.71. The van der Waals surface area contributed by atoms with Gasteiger partial charge in [-0.15, -0.1) is 24.0 Å². The summed E-state index contributed by atoms with van der Waals surface area (Å²) in [5, 5.41) is 7.47. The van der Waals surface area contributed by atoms with Crippen LogP contribution in [0.25, 0.3) is 0 Å². The average Bonchev–Trinajstić information content (AvgIpc) is 3.10. The molecule has 0 aromatic carbocycles. The Bertz CT molecular complexity index is 796. The van der Waals surface area contributed by atoms with Crippen LogP contribution in [0, 0.1) is 0 Å². The van der Waals surface area contributed by atoms with E-state index in [0.29, 0.717) is 13.1 Å². The molecule has 1 saturated heterocycles. The van der Waals surface area contributed by atoms with Crippen molar-refractivity contribution in [1.29, 1.82) is 0 Å². The van der Waals surface area contributed by atoms with Gasteiger partial charge in [0, 0.05) is 39.9 Å². The minimum absolute atomic E-state index is 0. The van der Waals surface area contributed by atoms with E-state index in [1.54, 1.807) is 11.0 Å². The third kappa shape index (κ3) is 6.53. The zero-order valence-electron chi connectivity index (χ0n) is 17.6. The van der Waals surface area contributed by atoms with Gasteiger partial charge in [-0.2, -0.15) is 5.10 Å². The molecular formula is C19H31IN8O. The zero-order chi connectivity index (χ0) is 19.9. The number of aliphatic imine (C=N–C) groups is 1. The molecule has 0 aliphatic carbocycles. The highest BCUT2D eigenvalue weighted by Gasteiger charge is 2.18. The molecule has 1 aliphatic heterocycles. The number of aromatic nitrogens is 4. The van der Waals surface area contributed by atoms with Crippen molar-refractivity contribution in [2.24, 2.45) is 12.0 Å². The summed E-state index contributed by atoms with van der Waals surface area (Å²) >= 11 is 0. The van der Waals surface area contributed by atoms with Crippen LogP contribution in [0.1, 0.15) is 25.2 Å². The molecule has 10 heteroatoms. The topological polar surface area (TPSA) is 83.7 Å². The number of ether oxygens (including phenoxy) is 1. The van der Waals surface area contributed by atoms with Crippen molar-refractivity contribution in [3.05, 3.63) is 36.0 Å². The van der Waals surface area contributed by atoms with Crippen LogP contribution in [0.4, 0.5) is 5.82 Å². The van der Waals surface area contributed by atoms with Crippen LogP contribution < -0.4 is 10.2 Å². The Morgan fingerprint density at radius 3 is 2.93 bits per heavy atom. The maximum Gasteiger partial charge on any atom is 0.194 e. The van der Waals surface area contributed by atoms with Crippen LogP contribution in [0.3, 0.4) is 0 Å². The summed E-state index contributed by atoms with van der Waals surface area (Å²) in [4.78, 5) is 17.9. The first kappa shape index (κ1) is 23.3. The van der Waals surface area contributed by atoms with E-state index in [1.165, 1.54) is 0 Å². The molecule has 1 unspecified atom stereocenters. The second kappa shape index (κ2) is 11.3. The Morgan fingerprint density at radius 2 is 2.24 bits per heavy atom. The lowest BCUT2D eigenvalue weighted by molar-refractivity contribution is 0.0529. The third-order valence-corrected chi connectivity index (χ3v) is 4.67. The Morgan fingerprint density at radius 1 is 1.41 bits per heavy atom. The number of anilines is 1. The van der Waals surface area contributed by atoms with E-state index < -0.39 is 0 Å². The standard InChI is InChI=1S/C19H30N8O.HI/c1-5-20-19(25(3)13-18-23-14-24-26(18)4)22-11-16-6-7-21-17(10-16)27-8-9-28-15(2)12-27;/h6-7,10,14-15H,5,8-9,11-13H2,1-4H3,(H,20,22);1H. The number of aryl methyl sites for hydroxylation is 1. The van der Waals surface area contributed by atoms with E-state index in [-0.39, 0.29) is 30.1 Å². The molecule has 3 rings (SSSR count). The molecule has 0 spiro atoms. The lowest BCUT2D eigenvalue weighted by Crippen LogP contribution is -2.41. The van der Waals surface area contributed by atoms with Crippen molar-refractivity contribution in [3.63, 3.8) is 0 Å². The highest BCUT2D eigenvalue weighted by molar-refractivity contribution is 14.0. The lowest BCUT2D eigenvalue weighted by Gasteiger charge is -2.32. The van der Waals surface area contributed by atoms with Crippen LogP contribution in [0.5, 0.6) is 0 Å². The molecule has 0 radical (unpaired) electrons. The SMILES string of the molecule is CCNC(=NCc1ccnc(N2CCOC(C)C2)c1)N(C)Cc1ncnn1C.I. The average molecular weight is 514 g/mol. The van der Waals surface area contributed by atoms with Crippen LogP contribution in [0.2, 0.25) is 0 Å². The number of nitrogens with one attached hydrogen (secondary N) is 1. The molecule has 3 heterocycles. The second-order valence-electron chi connectivity index (χ2n) is 6.98. The first-order valence-electron chi connectivity index (χ1n) is 9.70. The molecule has 1 aliphatic rings. The van der Waals surface area contributed by atoms with Crippen molar-refractivity contribution in [2.75, 3.05) is 38.2 Å². The number of guanidine groups is 1. The van der Waals surface area contributed by atoms with Crippen LogP contribution in [0.15, 0.2) is 29.6 Å².